The van der Waals surface area contributed by atoms with Crippen LogP contribution in [0.25, 0.3) is 0 Å². The first kappa shape index (κ1) is 18.4. The van der Waals surface area contributed by atoms with Crippen molar-refractivity contribution in [3.63, 3.8) is 0 Å². The summed E-state index contributed by atoms with van der Waals surface area (Å²) in [7, 11) is 2.94. The van der Waals surface area contributed by atoms with Crippen LogP contribution >= 0.6 is 0 Å². The first-order valence-corrected chi connectivity index (χ1v) is 6.34. The Hall–Kier alpha value is -2.56. The Kier molecular flexibility index (Phi) is 9.91. The molecule has 0 spiro atoms. The Morgan fingerprint density at radius 3 is 2.48 bits per heavy atom. The molecule has 0 rings (SSSR count). The van der Waals surface area contributed by atoms with Gasteiger partial charge >= 0.3 is 5.97 Å². The number of allylic oxidation sites excluding steroid dienone is 4. The highest BCUT2D eigenvalue weighted by molar-refractivity contribution is 6.05. The fraction of sp³-hybridized carbons (Fsp3) is 0.250. The standard InChI is InChI=1S/C16H21N3O2/c1-6-9-13(7-2)12-19-16(17-4)14(18-8-3)10-11-15(20)21-5/h6-10,12H,1-2,11H2,3-5H3/b13-9+,14-10+,17-16+,18-8+,19-12+. The second kappa shape index (κ2) is 11.3. The van der Waals surface area contributed by atoms with Crippen LogP contribution in [0.5, 0.6) is 0 Å². The lowest BCUT2D eigenvalue weighted by molar-refractivity contribution is -0.139. The molecule has 0 bridgehead atoms. The first-order chi connectivity index (χ1) is 10.1. The minimum absolute atomic E-state index is 0.106. The second-order valence-corrected chi connectivity index (χ2v) is 3.67. The third kappa shape index (κ3) is 7.57. The van der Waals surface area contributed by atoms with E-state index in [-0.39, 0.29) is 12.4 Å². The van der Waals surface area contributed by atoms with Gasteiger partial charge in [-0.05, 0) is 18.6 Å². The van der Waals surface area contributed by atoms with Crippen molar-refractivity contribution in [3.05, 3.63) is 48.7 Å². The average Bonchev–Trinajstić information content (AvgIpc) is 2.51. The molecule has 0 aromatic rings. The van der Waals surface area contributed by atoms with Crippen molar-refractivity contribution >= 4 is 24.2 Å². The van der Waals surface area contributed by atoms with Crippen molar-refractivity contribution in [2.75, 3.05) is 14.2 Å². The van der Waals surface area contributed by atoms with E-state index in [4.69, 9.17) is 0 Å². The van der Waals surface area contributed by atoms with Crippen LogP contribution in [0.4, 0.5) is 0 Å². The van der Waals surface area contributed by atoms with Gasteiger partial charge in [0.05, 0.1) is 13.5 Å². The molecule has 0 aromatic heterocycles. The van der Waals surface area contributed by atoms with Gasteiger partial charge in [0.1, 0.15) is 5.70 Å². The van der Waals surface area contributed by atoms with Crippen molar-refractivity contribution in [1.82, 2.24) is 0 Å². The summed E-state index contributed by atoms with van der Waals surface area (Å²) in [6.07, 6.45) is 10.0. The summed E-state index contributed by atoms with van der Waals surface area (Å²) in [5.41, 5.74) is 1.29. The lowest BCUT2D eigenvalue weighted by Gasteiger charge is -2.01. The highest BCUT2D eigenvalue weighted by Gasteiger charge is 2.05. The SMILES string of the molecule is C=C/C=C(C=C)/C=N/C(=N/C)C(=C\CC(=O)OC)/N=C/C. The Labute approximate surface area is 125 Å². The van der Waals surface area contributed by atoms with Gasteiger partial charge in [0, 0.05) is 19.5 Å². The van der Waals surface area contributed by atoms with Crippen LogP contribution in [0.2, 0.25) is 0 Å². The van der Waals surface area contributed by atoms with Gasteiger partial charge in [0.2, 0.25) is 0 Å². The largest absolute Gasteiger partial charge is 0.469 e. The topological polar surface area (TPSA) is 63.4 Å². The number of hydrogen-bond acceptors (Lipinski definition) is 4. The number of ether oxygens (including phenoxy) is 1. The van der Waals surface area contributed by atoms with E-state index < -0.39 is 0 Å². The van der Waals surface area contributed by atoms with Crippen LogP contribution in [0.3, 0.4) is 0 Å². The minimum atomic E-state index is -0.350. The minimum Gasteiger partial charge on any atom is -0.469 e. The molecule has 0 heterocycles. The van der Waals surface area contributed by atoms with Crippen LogP contribution in [-0.2, 0) is 9.53 Å². The van der Waals surface area contributed by atoms with Gasteiger partial charge in [-0.1, -0.05) is 31.4 Å². The molecule has 0 aliphatic rings. The van der Waals surface area contributed by atoms with E-state index in [0.717, 1.165) is 5.57 Å². The molecule has 0 fully saturated rings. The predicted molar refractivity (Wildman–Crippen MR) is 89.2 cm³/mol. The van der Waals surface area contributed by atoms with Crippen molar-refractivity contribution in [2.24, 2.45) is 15.0 Å². The molecule has 112 valence electrons. The molecule has 0 aromatic carbocycles. The maximum Gasteiger partial charge on any atom is 0.309 e. The van der Waals surface area contributed by atoms with Crippen molar-refractivity contribution < 1.29 is 9.53 Å². The molecule has 21 heavy (non-hydrogen) atoms. The van der Waals surface area contributed by atoms with Crippen LogP contribution in [-0.4, -0.2) is 38.4 Å². The molecule has 0 amide bonds. The monoisotopic (exact) mass is 287 g/mol. The summed E-state index contributed by atoms with van der Waals surface area (Å²) >= 11 is 0. The van der Waals surface area contributed by atoms with Crippen LogP contribution in [0.15, 0.2) is 63.7 Å². The van der Waals surface area contributed by atoms with Crippen LogP contribution < -0.4 is 0 Å². The van der Waals surface area contributed by atoms with Crippen molar-refractivity contribution in [2.45, 2.75) is 13.3 Å². The summed E-state index contributed by atoms with van der Waals surface area (Å²) in [5.74, 6) is 0.0605. The summed E-state index contributed by atoms with van der Waals surface area (Å²) in [5, 5.41) is 0. The van der Waals surface area contributed by atoms with Crippen molar-refractivity contribution in [3.8, 4) is 0 Å². The smallest absolute Gasteiger partial charge is 0.309 e. The average molecular weight is 287 g/mol. The summed E-state index contributed by atoms with van der Waals surface area (Å²) in [6.45, 7) is 9.07. The molecule has 0 aliphatic heterocycles. The zero-order valence-electron chi connectivity index (χ0n) is 12.7. The Morgan fingerprint density at radius 2 is 2.00 bits per heavy atom. The first-order valence-electron chi connectivity index (χ1n) is 6.34. The van der Waals surface area contributed by atoms with Gasteiger partial charge < -0.3 is 4.74 Å². The predicted octanol–water partition coefficient (Wildman–Crippen LogP) is 2.92. The maximum atomic E-state index is 11.2. The van der Waals surface area contributed by atoms with Gasteiger partial charge in [-0.2, -0.15) is 0 Å². The van der Waals surface area contributed by atoms with E-state index in [9.17, 15) is 4.79 Å². The van der Waals surface area contributed by atoms with Gasteiger partial charge in [0.15, 0.2) is 5.84 Å². The lowest BCUT2D eigenvalue weighted by Crippen LogP contribution is -2.03. The van der Waals surface area contributed by atoms with Crippen LogP contribution in [0, 0.1) is 0 Å². The number of esters is 1. The van der Waals surface area contributed by atoms with Crippen LogP contribution in [0.1, 0.15) is 13.3 Å². The summed E-state index contributed by atoms with van der Waals surface area (Å²) in [6, 6.07) is 0. The van der Waals surface area contributed by atoms with Gasteiger partial charge in [-0.3, -0.25) is 14.8 Å². The van der Waals surface area contributed by atoms with Gasteiger partial charge in [-0.15, -0.1) is 0 Å². The van der Waals surface area contributed by atoms with Gasteiger partial charge in [0.25, 0.3) is 0 Å². The zero-order valence-corrected chi connectivity index (χ0v) is 12.7. The number of amidine groups is 1. The molecule has 0 saturated carbocycles. The molecular formula is C16H21N3O2. The zero-order chi connectivity index (χ0) is 16.1. The summed E-state index contributed by atoms with van der Waals surface area (Å²) in [4.78, 5) is 23.7. The van der Waals surface area contributed by atoms with E-state index >= 15 is 0 Å². The number of aliphatic imine (C=N–C) groups is 3. The molecule has 0 atom stereocenters. The Balaban J connectivity index is 5.31. The molecule has 0 aliphatic carbocycles. The number of rotatable bonds is 7. The third-order valence-electron chi connectivity index (χ3n) is 2.28. The number of carbonyl (C=O) groups excluding carboxylic acids is 1. The van der Waals surface area contributed by atoms with Crippen molar-refractivity contribution in [1.29, 1.82) is 0 Å². The molecule has 0 N–H and O–H groups in total. The second-order valence-electron chi connectivity index (χ2n) is 3.67. The van der Waals surface area contributed by atoms with Gasteiger partial charge in [-0.25, -0.2) is 4.99 Å². The molecule has 0 unspecified atom stereocenters. The molecule has 0 radical (unpaired) electrons. The molecular weight excluding hydrogens is 266 g/mol. The van der Waals surface area contributed by atoms with E-state index in [1.165, 1.54) is 7.11 Å². The highest BCUT2D eigenvalue weighted by atomic mass is 16.5. The molecule has 5 nitrogen and oxygen atoms in total. The highest BCUT2D eigenvalue weighted by Crippen LogP contribution is 2.05. The number of methoxy groups -OCH3 is 1. The quantitative estimate of drug-likeness (QED) is 0.313. The van der Waals surface area contributed by atoms with E-state index in [2.05, 4.69) is 32.9 Å². The normalized spacial score (nSPS) is 13.8. The lowest BCUT2D eigenvalue weighted by atomic mass is 10.2. The fourth-order valence-electron chi connectivity index (χ4n) is 1.28. The maximum absolute atomic E-state index is 11.2. The number of carbonyl (C=O) groups is 1. The number of hydrogen-bond donors (Lipinski definition) is 0. The van der Waals surface area contributed by atoms with E-state index in [1.54, 1.807) is 50.7 Å². The summed E-state index contributed by atoms with van der Waals surface area (Å²) < 4.78 is 4.59. The third-order valence-corrected chi connectivity index (χ3v) is 2.28. The van der Waals surface area contributed by atoms with E-state index in [1.807, 2.05) is 0 Å². The Morgan fingerprint density at radius 1 is 1.29 bits per heavy atom. The fourth-order valence-corrected chi connectivity index (χ4v) is 1.28. The Bertz CT molecular complexity index is 524. The molecule has 5 heteroatoms. The van der Waals surface area contributed by atoms with E-state index in [0.29, 0.717) is 11.5 Å². The number of nitrogens with zero attached hydrogens (tertiary/aromatic N) is 3. The molecule has 0 saturated heterocycles.